The van der Waals surface area contributed by atoms with Gasteiger partial charge in [-0.15, -0.1) is 0 Å². The number of pyridine rings is 1. The fourth-order valence-corrected chi connectivity index (χ4v) is 2.22. The van der Waals surface area contributed by atoms with E-state index in [2.05, 4.69) is 80.3 Å². The summed E-state index contributed by atoms with van der Waals surface area (Å²) in [5.74, 6) is 0. The van der Waals surface area contributed by atoms with E-state index in [1.54, 1.807) is 0 Å². The van der Waals surface area contributed by atoms with E-state index in [4.69, 9.17) is 0 Å². The first-order valence-electron chi connectivity index (χ1n) is 8.32. The molecule has 0 radical (unpaired) electrons. The average molecular weight is 304 g/mol. The maximum atomic E-state index is 4.66. The summed E-state index contributed by atoms with van der Waals surface area (Å²) in [4.78, 5) is 6.93. The third-order valence-electron chi connectivity index (χ3n) is 3.75. The van der Waals surface area contributed by atoms with E-state index >= 15 is 0 Å². The minimum Gasteiger partial charge on any atom is -0.371 e. The van der Waals surface area contributed by atoms with Gasteiger partial charge in [-0.1, -0.05) is 26.0 Å². The van der Waals surface area contributed by atoms with Crippen LogP contribution in [0.15, 0.2) is 24.4 Å². The van der Waals surface area contributed by atoms with Gasteiger partial charge in [-0.25, -0.2) is 5.01 Å². The molecule has 0 bridgehead atoms. The second-order valence-electron chi connectivity index (χ2n) is 6.01. The fraction of sp³-hybridized carbons (Fsp3) is 0.611. The van der Waals surface area contributed by atoms with E-state index < -0.39 is 0 Å². The second kappa shape index (κ2) is 9.59. The number of allylic oxidation sites excluding steroid dienone is 1. The fourth-order valence-electron chi connectivity index (χ4n) is 2.22. The van der Waals surface area contributed by atoms with Gasteiger partial charge in [0.2, 0.25) is 0 Å². The predicted octanol–water partition coefficient (Wildman–Crippen LogP) is 3.52. The van der Waals surface area contributed by atoms with Crippen LogP contribution < -0.4 is 5.43 Å². The summed E-state index contributed by atoms with van der Waals surface area (Å²) >= 11 is 0. The molecule has 0 aromatic carbocycles. The molecule has 124 valence electrons. The van der Waals surface area contributed by atoms with E-state index in [0.29, 0.717) is 6.04 Å². The average Bonchev–Trinajstić information content (AvgIpc) is 2.51. The molecule has 0 atom stereocenters. The molecule has 0 saturated carbocycles. The summed E-state index contributed by atoms with van der Waals surface area (Å²) in [7, 11) is 4.20. The quantitative estimate of drug-likeness (QED) is 0.707. The number of nitrogens with zero attached hydrogens (tertiary/aromatic N) is 3. The molecule has 0 spiro atoms. The van der Waals surface area contributed by atoms with E-state index in [-0.39, 0.29) is 0 Å². The predicted molar refractivity (Wildman–Crippen MR) is 95.2 cm³/mol. The molecule has 0 saturated heterocycles. The minimum atomic E-state index is 0.462. The van der Waals surface area contributed by atoms with Crippen molar-refractivity contribution < 1.29 is 0 Å². The highest BCUT2D eigenvalue weighted by molar-refractivity contribution is 5.61. The normalized spacial score (nSPS) is 12.3. The van der Waals surface area contributed by atoms with E-state index in [1.807, 2.05) is 6.20 Å². The lowest BCUT2D eigenvalue weighted by atomic mass is 10.1. The van der Waals surface area contributed by atoms with Crippen molar-refractivity contribution >= 4 is 5.70 Å². The van der Waals surface area contributed by atoms with Gasteiger partial charge < -0.3 is 4.90 Å². The number of hydrogen-bond acceptors (Lipinski definition) is 4. The Kier molecular flexibility index (Phi) is 8.13. The molecule has 0 aliphatic carbocycles. The monoisotopic (exact) mass is 304 g/mol. The number of hydrazine groups is 1. The largest absolute Gasteiger partial charge is 0.371 e. The van der Waals surface area contributed by atoms with E-state index in [1.165, 1.54) is 11.3 Å². The molecule has 1 aromatic rings. The van der Waals surface area contributed by atoms with Crippen molar-refractivity contribution in [3.05, 3.63) is 35.7 Å². The molecule has 0 aliphatic heterocycles. The first kappa shape index (κ1) is 18.7. The maximum absolute atomic E-state index is 4.66. The lowest BCUT2D eigenvalue weighted by molar-refractivity contribution is 0.231. The summed E-state index contributed by atoms with van der Waals surface area (Å²) in [5, 5.41) is 2.13. The van der Waals surface area contributed by atoms with E-state index in [9.17, 15) is 0 Å². The van der Waals surface area contributed by atoms with Crippen molar-refractivity contribution in [2.75, 3.05) is 20.6 Å². The van der Waals surface area contributed by atoms with Gasteiger partial charge in [0.05, 0.1) is 11.4 Å². The molecular weight excluding hydrogens is 272 g/mol. The van der Waals surface area contributed by atoms with Crippen LogP contribution in [0, 0.1) is 0 Å². The van der Waals surface area contributed by atoms with Gasteiger partial charge in [0.1, 0.15) is 0 Å². The van der Waals surface area contributed by atoms with Crippen LogP contribution in [0.5, 0.6) is 0 Å². The Morgan fingerprint density at radius 2 is 2.00 bits per heavy atom. The third kappa shape index (κ3) is 5.78. The zero-order valence-electron chi connectivity index (χ0n) is 15.1. The Balaban J connectivity index is 2.75. The number of aromatic nitrogens is 1. The third-order valence-corrected chi connectivity index (χ3v) is 3.75. The van der Waals surface area contributed by atoms with Crippen LogP contribution in [0.25, 0.3) is 5.70 Å². The van der Waals surface area contributed by atoms with Crippen LogP contribution in [0.1, 0.15) is 51.8 Å². The molecule has 1 heterocycles. The van der Waals surface area contributed by atoms with Crippen molar-refractivity contribution in [1.82, 2.24) is 20.3 Å². The topological polar surface area (TPSA) is 31.4 Å². The first-order valence-corrected chi connectivity index (χ1v) is 8.32. The molecule has 0 fully saturated rings. The zero-order valence-corrected chi connectivity index (χ0v) is 15.1. The second-order valence-corrected chi connectivity index (χ2v) is 6.01. The van der Waals surface area contributed by atoms with Gasteiger partial charge in [-0.05, 0) is 38.3 Å². The summed E-state index contributed by atoms with van der Waals surface area (Å²) in [5.41, 5.74) is 6.84. The highest BCUT2D eigenvalue weighted by atomic mass is 15.5. The summed E-state index contributed by atoms with van der Waals surface area (Å²) in [6.07, 6.45) is 6.38. The van der Waals surface area contributed by atoms with Crippen LogP contribution in [0.3, 0.4) is 0 Å². The summed E-state index contributed by atoms with van der Waals surface area (Å²) in [6.45, 7) is 10.6. The molecule has 22 heavy (non-hydrogen) atoms. The molecular formula is C18H32N4. The Bertz CT molecular complexity index is 451. The Hall–Kier alpha value is -1.39. The Labute approximate surface area is 136 Å². The highest BCUT2D eigenvalue weighted by Crippen LogP contribution is 2.19. The van der Waals surface area contributed by atoms with Crippen LogP contribution in [-0.2, 0) is 6.54 Å². The van der Waals surface area contributed by atoms with Crippen LogP contribution in [-0.4, -0.2) is 41.6 Å². The number of nitrogens with one attached hydrogen (secondary N) is 1. The van der Waals surface area contributed by atoms with Gasteiger partial charge in [0, 0.05) is 39.4 Å². The van der Waals surface area contributed by atoms with Gasteiger partial charge >= 0.3 is 0 Å². The molecule has 1 rings (SSSR count). The summed E-state index contributed by atoms with van der Waals surface area (Å²) < 4.78 is 0. The lowest BCUT2D eigenvalue weighted by Crippen LogP contribution is -2.34. The standard InChI is InChI=1S/C18H32N4/c1-7-9-18(22(6)15(3)4)17-11-10-16(13-19-17)14-20-21(5)12-8-2/h9-11,13,15,20H,7-8,12,14H2,1-6H3. The zero-order chi connectivity index (χ0) is 16.5. The first-order chi connectivity index (χ1) is 10.5. The molecule has 4 nitrogen and oxygen atoms in total. The van der Waals surface area contributed by atoms with Crippen molar-refractivity contribution in [3.63, 3.8) is 0 Å². The molecule has 0 aliphatic rings. The molecule has 4 heteroatoms. The van der Waals surface area contributed by atoms with Crippen molar-refractivity contribution in [2.45, 2.75) is 53.1 Å². The molecule has 0 unspecified atom stereocenters. The molecule has 0 amide bonds. The SMILES string of the molecule is CCC=C(c1ccc(CNN(C)CCC)cn1)N(C)C(C)C. The minimum absolute atomic E-state index is 0.462. The highest BCUT2D eigenvalue weighted by Gasteiger charge is 2.11. The van der Waals surface area contributed by atoms with Crippen LogP contribution in [0.4, 0.5) is 0 Å². The smallest absolute Gasteiger partial charge is 0.0859 e. The summed E-state index contributed by atoms with van der Waals surface area (Å²) in [6, 6.07) is 4.74. The molecule has 1 aromatic heterocycles. The lowest BCUT2D eigenvalue weighted by Gasteiger charge is -2.26. The van der Waals surface area contributed by atoms with Crippen molar-refractivity contribution in [2.24, 2.45) is 0 Å². The maximum Gasteiger partial charge on any atom is 0.0859 e. The van der Waals surface area contributed by atoms with Crippen LogP contribution >= 0.6 is 0 Å². The van der Waals surface area contributed by atoms with Gasteiger partial charge in [-0.3, -0.25) is 10.4 Å². The van der Waals surface area contributed by atoms with Crippen LogP contribution in [0.2, 0.25) is 0 Å². The number of rotatable bonds is 9. The number of hydrogen-bond donors (Lipinski definition) is 1. The molecule has 1 N–H and O–H groups in total. The van der Waals surface area contributed by atoms with Gasteiger partial charge in [-0.2, -0.15) is 0 Å². The Morgan fingerprint density at radius 1 is 1.27 bits per heavy atom. The van der Waals surface area contributed by atoms with E-state index in [0.717, 1.165) is 31.6 Å². The van der Waals surface area contributed by atoms with Gasteiger partial charge in [0.25, 0.3) is 0 Å². The van der Waals surface area contributed by atoms with Gasteiger partial charge in [0.15, 0.2) is 0 Å². The van der Waals surface area contributed by atoms with Crippen molar-refractivity contribution in [3.8, 4) is 0 Å². The van der Waals surface area contributed by atoms with Crippen molar-refractivity contribution in [1.29, 1.82) is 0 Å². The Morgan fingerprint density at radius 3 is 2.50 bits per heavy atom.